The van der Waals surface area contributed by atoms with Crippen LogP contribution in [-0.4, -0.2) is 49.4 Å². The Kier molecular flexibility index (Phi) is 6.84. The molecule has 30 heavy (non-hydrogen) atoms. The molecule has 0 amide bonds. The highest BCUT2D eigenvalue weighted by Crippen LogP contribution is 2.24. The molecule has 0 bridgehead atoms. The van der Waals surface area contributed by atoms with Gasteiger partial charge in [0, 0.05) is 29.7 Å². The highest BCUT2D eigenvalue weighted by molar-refractivity contribution is 5.61. The van der Waals surface area contributed by atoms with E-state index in [1.54, 1.807) is 13.3 Å². The molecule has 1 aromatic carbocycles. The number of pyridine rings is 1. The molecule has 3 heterocycles. The number of nitrogens with zero attached hydrogens (tertiary/aromatic N) is 4. The van der Waals surface area contributed by atoms with Crippen LogP contribution in [0.4, 0.5) is 5.69 Å². The van der Waals surface area contributed by atoms with Crippen molar-refractivity contribution in [1.82, 2.24) is 9.88 Å². The van der Waals surface area contributed by atoms with E-state index in [0.29, 0.717) is 5.88 Å². The number of benzene rings is 1. The molecule has 160 valence electrons. The molecule has 1 fully saturated rings. The summed E-state index contributed by atoms with van der Waals surface area (Å²) < 4.78 is 11.2. The topological polar surface area (TPSA) is 50.2 Å². The van der Waals surface area contributed by atoms with Crippen molar-refractivity contribution in [1.29, 1.82) is 0 Å². The Morgan fingerprint density at radius 3 is 2.63 bits per heavy atom. The van der Waals surface area contributed by atoms with Crippen molar-refractivity contribution in [3.05, 3.63) is 47.1 Å². The number of aromatic nitrogens is 1. The van der Waals surface area contributed by atoms with Crippen LogP contribution in [0.3, 0.4) is 0 Å². The number of ether oxygens (including phenoxy) is 2. The normalized spacial score (nSPS) is 18.9. The van der Waals surface area contributed by atoms with Gasteiger partial charge in [0.25, 0.3) is 0 Å². The van der Waals surface area contributed by atoms with E-state index >= 15 is 0 Å². The third kappa shape index (κ3) is 4.93. The maximum absolute atomic E-state index is 5.98. The lowest BCUT2D eigenvalue weighted by Gasteiger charge is -2.29. The van der Waals surface area contributed by atoms with E-state index < -0.39 is 0 Å². The third-order valence-electron chi connectivity index (χ3n) is 5.82. The number of hydrogen-bond donors (Lipinski definition) is 0. The van der Waals surface area contributed by atoms with E-state index in [1.165, 1.54) is 32.4 Å². The predicted octanol–water partition coefficient (Wildman–Crippen LogP) is 2.96. The van der Waals surface area contributed by atoms with Gasteiger partial charge in [0.05, 0.1) is 25.3 Å². The van der Waals surface area contributed by atoms with Crippen LogP contribution < -0.4 is 24.9 Å². The standard InChI is InChI=1S/C24H32N4O2/c1-3-23-26-22-17-25-24(29-2)16-19(22)18-28(23)20-8-10-21(11-9-20)30-15-7-14-27-12-5-4-6-13-27/h8-11,16-18,23H,3-7,12-15H2,1-2H3. The summed E-state index contributed by atoms with van der Waals surface area (Å²) in [7, 11) is 1.63. The molecule has 6 nitrogen and oxygen atoms in total. The number of anilines is 1. The van der Waals surface area contributed by atoms with Crippen LogP contribution in [0.15, 0.2) is 41.5 Å². The van der Waals surface area contributed by atoms with Crippen LogP contribution in [-0.2, 0) is 0 Å². The monoisotopic (exact) mass is 408 g/mol. The SMILES string of the molecule is CCC1N=c2cnc(OC)cc2=CN1c1ccc(OCCCN2CCCCC2)cc1. The Hall–Kier alpha value is -2.60. The van der Waals surface area contributed by atoms with Gasteiger partial charge < -0.3 is 19.3 Å². The average molecular weight is 409 g/mol. The minimum absolute atomic E-state index is 0.0593. The lowest BCUT2D eigenvalue weighted by molar-refractivity contribution is 0.205. The Morgan fingerprint density at radius 1 is 1.10 bits per heavy atom. The highest BCUT2D eigenvalue weighted by atomic mass is 16.5. The maximum Gasteiger partial charge on any atom is 0.213 e. The summed E-state index contributed by atoms with van der Waals surface area (Å²) in [5, 5.41) is 1.93. The van der Waals surface area contributed by atoms with E-state index in [1.807, 2.05) is 6.07 Å². The molecule has 0 radical (unpaired) electrons. The van der Waals surface area contributed by atoms with Crippen LogP contribution in [0.1, 0.15) is 39.0 Å². The van der Waals surface area contributed by atoms with Crippen molar-refractivity contribution in [2.24, 2.45) is 4.99 Å². The Balaban J connectivity index is 1.39. The fraction of sp³-hybridized carbons (Fsp3) is 0.500. The average Bonchev–Trinajstić information content (AvgIpc) is 2.81. The molecule has 1 atom stereocenters. The van der Waals surface area contributed by atoms with Gasteiger partial charge in [0.15, 0.2) is 0 Å². The summed E-state index contributed by atoms with van der Waals surface area (Å²) >= 11 is 0. The van der Waals surface area contributed by atoms with Crippen LogP contribution >= 0.6 is 0 Å². The van der Waals surface area contributed by atoms with Gasteiger partial charge in [-0.25, -0.2) is 4.98 Å². The van der Waals surface area contributed by atoms with E-state index in [-0.39, 0.29) is 6.17 Å². The molecule has 1 unspecified atom stereocenters. The van der Waals surface area contributed by atoms with E-state index in [4.69, 9.17) is 14.5 Å². The fourth-order valence-corrected chi connectivity index (χ4v) is 4.14. The number of rotatable bonds is 8. The largest absolute Gasteiger partial charge is 0.494 e. The first-order valence-electron chi connectivity index (χ1n) is 11.1. The summed E-state index contributed by atoms with van der Waals surface area (Å²) in [5.41, 5.74) is 1.10. The maximum atomic E-state index is 5.98. The Bertz CT molecular complexity index is 939. The second-order valence-corrected chi connectivity index (χ2v) is 7.94. The molecule has 0 aliphatic carbocycles. The smallest absolute Gasteiger partial charge is 0.213 e. The molecule has 2 aromatic rings. The molecule has 4 rings (SSSR count). The molecule has 0 spiro atoms. The molecule has 1 saturated heterocycles. The first-order valence-corrected chi connectivity index (χ1v) is 11.1. The van der Waals surface area contributed by atoms with Crippen LogP contribution in [0, 0.1) is 0 Å². The van der Waals surface area contributed by atoms with Crippen molar-refractivity contribution in [2.75, 3.05) is 38.3 Å². The minimum Gasteiger partial charge on any atom is -0.494 e. The van der Waals surface area contributed by atoms with Gasteiger partial charge in [-0.3, -0.25) is 4.99 Å². The zero-order valence-electron chi connectivity index (χ0n) is 18.1. The molecule has 2 aliphatic heterocycles. The number of fused-ring (bicyclic) bond motifs is 1. The number of likely N-dealkylation sites (tertiary alicyclic amines) is 1. The van der Waals surface area contributed by atoms with Crippen molar-refractivity contribution in [3.63, 3.8) is 0 Å². The van der Waals surface area contributed by atoms with Crippen molar-refractivity contribution in [2.45, 2.75) is 45.2 Å². The van der Waals surface area contributed by atoms with Gasteiger partial charge in [0.2, 0.25) is 5.88 Å². The molecule has 2 aliphatic rings. The first kappa shape index (κ1) is 20.7. The quantitative estimate of drug-likeness (QED) is 0.629. The van der Waals surface area contributed by atoms with Crippen LogP contribution in [0.2, 0.25) is 0 Å². The van der Waals surface area contributed by atoms with Gasteiger partial charge >= 0.3 is 0 Å². The van der Waals surface area contributed by atoms with Crippen molar-refractivity contribution in [3.8, 4) is 11.6 Å². The molecule has 0 saturated carbocycles. The van der Waals surface area contributed by atoms with Gasteiger partial charge in [-0.1, -0.05) is 13.3 Å². The van der Waals surface area contributed by atoms with E-state index in [9.17, 15) is 0 Å². The highest BCUT2D eigenvalue weighted by Gasteiger charge is 2.18. The second kappa shape index (κ2) is 9.94. The van der Waals surface area contributed by atoms with Gasteiger partial charge in [0.1, 0.15) is 11.9 Å². The minimum atomic E-state index is 0.0593. The van der Waals surface area contributed by atoms with Gasteiger partial charge in [-0.15, -0.1) is 0 Å². The molecule has 1 aromatic heterocycles. The second-order valence-electron chi connectivity index (χ2n) is 7.94. The number of hydrogen-bond acceptors (Lipinski definition) is 6. The van der Waals surface area contributed by atoms with Crippen molar-refractivity contribution >= 4 is 11.9 Å². The summed E-state index contributed by atoms with van der Waals surface area (Å²) in [6.07, 6.45) is 10.0. The van der Waals surface area contributed by atoms with E-state index in [0.717, 1.165) is 48.0 Å². The summed E-state index contributed by atoms with van der Waals surface area (Å²) in [6.45, 7) is 6.54. The fourth-order valence-electron chi connectivity index (χ4n) is 4.14. The number of piperidine rings is 1. The first-order chi connectivity index (χ1) is 14.8. The lowest BCUT2D eigenvalue weighted by Crippen LogP contribution is -2.42. The summed E-state index contributed by atoms with van der Waals surface area (Å²) in [5.74, 6) is 1.52. The Morgan fingerprint density at radius 2 is 1.90 bits per heavy atom. The van der Waals surface area contributed by atoms with Gasteiger partial charge in [-0.05, 0) is 63.0 Å². The summed E-state index contributed by atoms with van der Waals surface area (Å²) in [4.78, 5) is 13.9. The zero-order valence-corrected chi connectivity index (χ0v) is 18.1. The van der Waals surface area contributed by atoms with Crippen LogP contribution in [0.5, 0.6) is 11.6 Å². The van der Waals surface area contributed by atoms with Gasteiger partial charge in [-0.2, -0.15) is 0 Å². The summed E-state index contributed by atoms with van der Waals surface area (Å²) in [6, 6.07) is 10.3. The molecular weight excluding hydrogens is 376 g/mol. The third-order valence-corrected chi connectivity index (χ3v) is 5.82. The Labute approximate surface area is 178 Å². The predicted molar refractivity (Wildman–Crippen MR) is 119 cm³/mol. The molecule has 6 heteroatoms. The number of methoxy groups -OCH3 is 1. The van der Waals surface area contributed by atoms with E-state index in [2.05, 4.69) is 52.2 Å². The lowest BCUT2D eigenvalue weighted by atomic mass is 10.1. The zero-order chi connectivity index (χ0) is 20.8. The van der Waals surface area contributed by atoms with Crippen LogP contribution in [0.25, 0.3) is 6.20 Å². The molecular formula is C24H32N4O2. The molecule has 0 N–H and O–H groups in total. The van der Waals surface area contributed by atoms with Crippen molar-refractivity contribution < 1.29 is 9.47 Å².